The first kappa shape index (κ1) is 27.7. The van der Waals surface area contributed by atoms with E-state index in [-0.39, 0.29) is 0 Å². The molecule has 0 aliphatic rings. The summed E-state index contributed by atoms with van der Waals surface area (Å²) in [6.07, 6.45) is 0. The van der Waals surface area contributed by atoms with Crippen LogP contribution in [-0.4, -0.2) is 13.7 Å². The van der Waals surface area contributed by atoms with Crippen molar-refractivity contribution < 1.29 is 4.42 Å². The first-order chi connectivity index (χ1) is 25.8. The van der Waals surface area contributed by atoms with Gasteiger partial charge in [-0.15, -0.1) is 0 Å². The Labute approximate surface area is 297 Å². The Morgan fingerprint density at radius 2 is 0.673 bits per heavy atom. The molecule has 4 aromatic heterocycles. The fraction of sp³-hybridized carbons (Fsp3) is 0. The third kappa shape index (κ3) is 3.70. The van der Waals surface area contributed by atoms with Gasteiger partial charge in [0.25, 0.3) is 0 Å². The Hall–Kier alpha value is -7.04. The lowest BCUT2D eigenvalue weighted by Crippen LogP contribution is -1.95. The molecule has 0 atom stereocenters. The highest BCUT2D eigenvalue weighted by Crippen LogP contribution is 2.41. The smallest absolute Gasteiger partial charge is 0.137 e. The second kappa shape index (κ2) is 10.3. The number of hydrogen-bond acceptors (Lipinski definition) is 1. The van der Waals surface area contributed by atoms with Gasteiger partial charge in [0, 0.05) is 66.2 Å². The van der Waals surface area contributed by atoms with Crippen molar-refractivity contribution in [1.29, 1.82) is 0 Å². The van der Waals surface area contributed by atoms with Crippen molar-refractivity contribution in [3.05, 3.63) is 176 Å². The Bertz CT molecular complexity index is 3300. The van der Waals surface area contributed by atoms with Gasteiger partial charge in [0.15, 0.2) is 0 Å². The van der Waals surface area contributed by atoms with Crippen molar-refractivity contribution >= 4 is 87.4 Å². The maximum Gasteiger partial charge on any atom is 0.137 e. The fourth-order valence-electron chi connectivity index (χ4n) is 8.80. The highest BCUT2D eigenvalue weighted by Gasteiger charge is 2.20. The van der Waals surface area contributed by atoms with Crippen LogP contribution >= 0.6 is 0 Å². The number of para-hydroxylation sites is 5. The standard InChI is InChI=1S/C48H29N3O/c1-2-12-30(13-3-1)49-45-24-22-31(50-41-18-8-4-14-33(41)34-15-5-9-19-42(34)50)26-37(45)38-28-40-39-27-32(23-25-47(39)52-48(40)29-46(38)49)51-43-20-10-6-16-35(43)36-17-7-11-21-44(36)51/h1-29H. The van der Waals surface area contributed by atoms with E-state index in [9.17, 15) is 0 Å². The zero-order valence-corrected chi connectivity index (χ0v) is 28.0. The van der Waals surface area contributed by atoms with Crippen LogP contribution in [0, 0.1) is 0 Å². The number of aromatic nitrogens is 3. The third-order valence-electron chi connectivity index (χ3n) is 11.0. The second-order valence-electron chi connectivity index (χ2n) is 13.8. The van der Waals surface area contributed by atoms with Gasteiger partial charge >= 0.3 is 0 Å². The van der Waals surface area contributed by atoms with Crippen LogP contribution in [0.15, 0.2) is 180 Å². The van der Waals surface area contributed by atoms with Crippen molar-refractivity contribution in [3.8, 4) is 17.1 Å². The molecule has 0 spiro atoms. The fourth-order valence-corrected chi connectivity index (χ4v) is 8.80. The molecule has 0 radical (unpaired) electrons. The average Bonchev–Trinajstić information content (AvgIpc) is 3.93. The van der Waals surface area contributed by atoms with E-state index in [0.29, 0.717) is 0 Å². The number of benzene rings is 8. The SMILES string of the molecule is c1ccc(-n2c3ccc(-n4c5ccccc5c5ccccc54)cc3c3cc4c(cc32)oc2ccc(-n3c5ccccc5c5ccccc53)cc24)cc1. The molecule has 242 valence electrons. The molecule has 8 aromatic carbocycles. The molecule has 0 aliphatic carbocycles. The Morgan fingerprint density at radius 1 is 0.250 bits per heavy atom. The van der Waals surface area contributed by atoms with Crippen LogP contribution in [0.5, 0.6) is 0 Å². The van der Waals surface area contributed by atoms with E-state index in [4.69, 9.17) is 4.42 Å². The molecule has 0 N–H and O–H groups in total. The predicted molar refractivity (Wildman–Crippen MR) is 217 cm³/mol. The number of fused-ring (bicyclic) bond motifs is 12. The van der Waals surface area contributed by atoms with Crippen LogP contribution in [0.3, 0.4) is 0 Å². The topological polar surface area (TPSA) is 27.9 Å². The van der Waals surface area contributed by atoms with E-state index >= 15 is 0 Å². The van der Waals surface area contributed by atoms with Crippen molar-refractivity contribution in [2.75, 3.05) is 0 Å². The molecule has 0 fully saturated rings. The maximum atomic E-state index is 6.65. The molecule has 0 unspecified atom stereocenters. The lowest BCUT2D eigenvalue weighted by atomic mass is 10.1. The van der Waals surface area contributed by atoms with E-state index in [0.717, 1.165) is 50.0 Å². The van der Waals surface area contributed by atoms with E-state index < -0.39 is 0 Å². The number of hydrogen-bond donors (Lipinski definition) is 0. The zero-order valence-electron chi connectivity index (χ0n) is 28.0. The van der Waals surface area contributed by atoms with Crippen LogP contribution in [0.1, 0.15) is 0 Å². The van der Waals surface area contributed by atoms with Crippen LogP contribution in [0.2, 0.25) is 0 Å². The van der Waals surface area contributed by atoms with Crippen LogP contribution in [-0.2, 0) is 0 Å². The van der Waals surface area contributed by atoms with Crippen molar-refractivity contribution in [2.24, 2.45) is 0 Å². The molecule has 0 amide bonds. The first-order valence-electron chi connectivity index (χ1n) is 17.8. The van der Waals surface area contributed by atoms with E-state index in [2.05, 4.69) is 190 Å². The molecule has 52 heavy (non-hydrogen) atoms. The molecule has 0 bridgehead atoms. The number of furan rings is 1. The number of rotatable bonds is 3. The van der Waals surface area contributed by atoms with Crippen LogP contribution < -0.4 is 0 Å². The zero-order chi connectivity index (χ0) is 33.9. The highest BCUT2D eigenvalue weighted by atomic mass is 16.3. The maximum absolute atomic E-state index is 6.65. The molecule has 4 heterocycles. The summed E-state index contributed by atoms with van der Waals surface area (Å²) in [5.74, 6) is 0. The summed E-state index contributed by atoms with van der Waals surface area (Å²) in [5.41, 5.74) is 12.2. The normalized spacial score (nSPS) is 12.2. The van der Waals surface area contributed by atoms with Crippen molar-refractivity contribution in [2.45, 2.75) is 0 Å². The minimum atomic E-state index is 0.879. The van der Waals surface area contributed by atoms with Gasteiger partial charge in [0.05, 0.1) is 33.1 Å². The molecule has 0 saturated heterocycles. The van der Waals surface area contributed by atoms with E-state index in [1.807, 2.05) is 0 Å². The van der Waals surface area contributed by atoms with Gasteiger partial charge in [-0.1, -0.05) is 91.0 Å². The molecule has 0 aliphatic heterocycles. The van der Waals surface area contributed by atoms with E-state index in [1.54, 1.807) is 0 Å². The second-order valence-corrected chi connectivity index (χ2v) is 13.8. The minimum absolute atomic E-state index is 0.879. The highest BCUT2D eigenvalue weighted by molar-refractivity contribution is 6.18. The van der Waals surface area contributed by atoms with Crippen molar-refractivity contribution in [3.63, 3.8) is 0 Å². The Morgan fingerprint density at radius 3 is 1.25 bits per heavy atom. The minimum Gasteiger partial charge on any atom is -0.456 e. The summed E-state index contributed by atoms with van der Waals surface area (Å²) < 4.78 is 13.8. The largest absolute Gasteiger partial charge is 0.456 e. The van der Waals surface area contributed by atoms with E-state index in [1.165, 1.54) is 54.4 Å². The van der Waals surface area contributed by atoms with Gasteiger partial charge in [-0.25, -0.2) is 0 Å². The average molecular weight is 664 g/mol. The predicted octanol–water partition coefficient (Wildman–Crippen LogP) is 12.9. The van der Waals surface area contributed by atoms with Crippen LogP contribution in [0.4, 0.5) is 0 Å². The summed E-state index contributed by atoms with van der Waals surface area (Å²) in [6.45, 7) is 0. The molecule has 12 rings (SSSR count). The van der Waals surface area contributed by atoms with Gasteiger partial charge in [0.2, 0.25) is 0 Å². The summed E-state index contributed by atoms with van der Waals surface area (Å²) in [7, 11) is 0. The van der Waals surface area contributed by atoms with Gasteiger partial charge in [0.1, 0.15) is 11.2 Å². The first-order valence-corrected chi connectivity index (χ1v) is 17.8. The monoisotopic (exact) mass is 663 g/mol. The quantitative estimate of drug-likeness (QED) is 0.185. The van der Waals surface area contributed by atoms with Gasteiger partial charge < -0.3 is 18.1 Å². The molecular formula is C48H29N3O. The van der Waals surface area contributed by atoms with Crippen LogP contribution in [0.25, 0.3) is 104 Å². The molecule has 4 heteroatoms. The Balaban J connectivity index is 1.15. The lowest BCUT2D eigenvalue weighted by Gasteiger charge is -2.10. The summed E-state index contributed by atoms with van der Waals surface area (Å²) in [5, 5.41) is 9.64. The Kier molecular flexibility index (Phi) is 5.47. The molecule has 12 aromatic rings. The summed E-state index contributed by atoms with van der Waals surface area (Å²) in [6, 6.07) is 63.5. The van der Waals surface area contributed by atoms with Gasteiger partial charge in [-0.05, 0) is 78.9 Å². The third-order valence-corrected chi connectivity index (χ3v) is 11.0. The molecule has 4 nitrogen and oxygen atoms in total. The summed E-state index contributed by atoms with van der Waals surface area (Å²) >= 11 is 0. The molecule has 0 saturated carbocycles. The van der Waals surface area contributed by atoms with Crippen molar-refractivity contribution in [1.82, 2.24) is 13.7 Å². The number of nitrogens with zero attached hydrogens (tertiary/aromatic N) is 3. The summed E-state index contributed by atoms with van der Waals surface area (Å²) in [4.78, 5) is 0. The van der Waals surface area contributed by atoms with Gasteiger partial charge in [-0.2, -0.15) is 0 Å². The van der Waals surface area contributed by atoms with Gasteiger partial charge in [-0.3, -0.25) is 0 Å². The lowest BCUT2D eigenvalue weighted by molar-refractivity contribution is 0.669. The molecular weight excluding hydrogens is 635 g/mol.